The number of carbonyl (C=O) groups is 1. The van der Waals surface area contributed by atoms with Crippen molar-refractivity contribution in [3.63, 3.8) is 0 Å². The summed E-state index contributed by atoms with van der Waals surface area (Å²) in [6, 6.07) is 0. The van der Waals surface area contributed by atoms with Gasteiger partial charge in [-0.25, -0.2) is 0 Å². The van der Waals surface area contributed by atoms with Gasteiger partial charge in [0, 0.05) is 0 Å². The Morgan fingerprint density at radius 1 is 1.62 bits per heavy atom. The maximum absolute atomic E-state index is 10.1. The first-order valence-corrected chi connectivity index (χ1v) is 2.43. The molecule has 0 radical (unpaired) electrons. The SMILES string of the molecule is CC(=O)C=CC(=N)Cl. The lowest BCUT2D eigenvalue weighted by Crippen LogP contribution is -1.82. The molecule has 0 amide bonds. The predicted octanol–water partition coefficient (Wildman–Crippen LogP) is 1.35. The smallest absolute Gasteiger partial charge is 0.152 e. The predicted molar refractivity (Wildman–Crippen MR) is 33.4 cm³/mol. The van der Waals surface area contributed by atoms with Crippen LogP contribution >= 0.6 is 11.6 Å². The van der Waals surface area contributed by atoms with Crippen molar-refractivity contribution in [1.29, 1.82) is 5.41 Å². The minimum absolute atomic E-state index is 0.101. The first-order chi connectivity index (χ1) is 3.63. The molecule has 44 valence electrons. The summed E-state index contributed by atoms with van der Waals surface area (Å²) < 4.78 is 0. The molecule has 0 aliphatic heterocycles. The summed E-state index contributed by atoms with van der Waals surface area (Å²) in [5, 5.41) is 6.49. The fraction of sp³-hybridized carbons (Fsp3) is 0.200. The summed E-state index contributed by atoms with van der Waals surface area (Å²) in [5.41, 5.74) is 0. The van der Waals surface area contributed by atoms with Gasteiger partial charge >= 0.3 is 0 Å². The van der Waals surface area contributed by atoms with E-state index in [0.29, 0.717) is 0 Å². The number of nitrogens with one attached hydrogen (secondary N) is 1. The third kappa shape index (κ3) is 5.37. The van der Waals surface area contributed by atoms with Gasteiger partial charge in [-0.05, 0) is 19.1 Å². The fourth-order valence-corrected chi connectivity index (χ4v) is 0.254. The maximum atomic E-state index is 10.1. The normalized spacial score (nSPS) is 9.75. The quantitative estimate of drug-likeness (QED) is 0.446. The van der Waals surface area contributed by atoms with Gasteiger partial charge in [0.05, 0.1) is 0 Å². The van der Waals surface area contributed by atoms with Gasteiger partial charge in [0.2, 0.25) is 0 Å². The zero-order valence-corrected chi connectivity index (χ0v) is 5.20. The molecule has 0 aromatic carbocycles. The van der Waals surface area contributed by atoms with Crippen molar-refractivity contribution in [3.05, 3.63) is 12.2 Å². The molecule has 0 fully saturated rings. The average Bonchev–Trinajstić information content (AvgIpc) is 1.61. The largest absolute Gasteiger partial charge is 0.295 e. The van der Waals surface area contributed by atoms with E-state index < -0.39 is 0 Å². The Balaban J connectivity index is 3.67. The molecule has 0 heterocycles. The molecule has 0 aliphatic carbocycles. The number of carbonyl (C=O) groups excluding carboxylic acids is 1. The molecule has 0 spiro atoms. The summed E-state index contributed by atoms with van der Waals surface area (Å²) >= 11 is 5.07. The molecule has 0 aliphatic rings. The maximum Gasteiger partial charge on any atom is 0.152 e. The summed E-state index contributed by atoms with van der Waals surface area (Å²) in [6.07, 6.45) is 2.49. The molecule has 0 aromatic heterocycles. The van der Waals surface area contributed by atoms with Crippen LogP contribution in [0, 0.1) is 5.41 Å². The number of halogens is 1. The monoisotopic (exact) mass is 131 g/mol. The first-order valence-electron chi connectivity index (χ1n) is 2.05. The van der Waals surface area contributed by atoms with Crippen LogP contribution in [0.25, 0.3) is 0 Å². The topological polar surface area (TPSA) is 40.9 Å². The van der Waals surface area contributed by atoms with Gasteiger partial charge in [-0.2, -0.15) is 0 Å². The van der Waals surface area contributed by atoms with Crippen molar-refractivity contribution in [3.8, 4) is 0 Å². The van der Waals surface area contributed by atoms with Gasteiger partial charge in [-0.15, -0.1) is 0 Å². The van der Waals surface area contributed by atoms with Crippen LogP contribution in [0.15, 0.2) is 12.2 Å². The zero-order chi connectivity index (χ0) is 6.57. The lowest BCUT2D eigenvalue weighted by molar-refractivity contribution is -0.112. The summed E-state index contributed by atoms with van der Waals surface area (Å²) in [4.78, 5) is 10.1. The highest BCUT2D eigenvalue weighted by atomic mass is 35.5. The van der Waals surface area contributed by atoms with Crippen LogP contribution < -0.4 is 0 Å². The van der Waals surface area contributed by atoms with Crippen molar-refractivity contribution in [2.45, 2.75) is 6.92 Å². The van der Waals surface area contributed by atoms with Crippen LogP contribution in [-0.2, 0) is 4.79 Å². The van der Waals surface area contributed by atoms with Crippen molar-refractivity contribution in [1.82, 2.24) is 0 Å². The lowest BCUT2D eigenvalue weighted by atomic mass is 10.4. The van der Waals surface area contributed by atoms with Gasteiger partial charge in [-0.1, -0.05) is 11.6 Å². The van der Waals surface area contributed by atoms with E-state index in [9.17, 15) is 4.79 Å². The van der Waals surface area contributed by atoms with E-state index >= 15 is 0 Å². The van der Waals surface area contributed by atoms with Crippen LogP contribution in [0.1, 0.15) is 6.92 Å². The Morgan fingerprint density at radius 2 is 2.12 bits per heavy atom. The lowest BCUT2D eigenvalue weighted by Gasteiger charge is -1.76. The standard InChI is InChI=1S/C5H6ClNO/c1-4(8)2-3-5(6)7/h2-3,7H,1H3. The van der Waals surface area contributed by atoms with E-state index in [1.54, 1.807) is 0 Å². The zero-order valence-electron chi connectivity index (χ0n) is 4.44. The van der Waals surface area contributed by atoms with Crippen LogP contribution in [0.3, 0.4) is 0 Å². The Bertz CT molecular complexity index is 123. The van der Waals surface area contributed by atoms with Crippen LogP contribution in [0.4, 0.5) is 0 Å². The number of allylic oxidation sites excluding steroid dienone is 2. The van der Waals surface area contributed by atoms with E-state index in [1.165, 1.54) is 19.1 Å². The molecular formula is C5H6ClNO. The molecule has 8 heavy (non-hydrogen) atoms. The molecule has 0 saturated heterocycles. The molecule has 1 N–H and O–H groups in total. The minimum atomic E-state index is -0.125. The van der Waals surface area contributed by atoms with Gasteiger partial charge in [0.1, 0.15) is 5.17 Å². The summed E-state index contributed by atoms with van der Waals surface area (Å²) in [5.74, 6) is -0.101. The summed E-state index contributed by atoms with van der Waals surface area (Å²) in [7, 11) is 0. The van der Waals surface area contributed by atoms with Gasteiger partial charge in [-0.3, -0.25) is 10.2 Å². The molecule has 0 saturated carbocycles. The summed E-state index contributed by atoms with van der Waals surface area (Å²) in [6.45, 7) is 1.40. The van der Waals surface area contributed by atoms with Crippen molar-refractivity contribution < 1.29 is 4.79 Å². The molecule has 0 atom stereocenters. The van der Waals surface area contributed by atoms with Crippen LogP contribution in [-0.4, -0.2) is 11.0 Å². The highest BCUT2D eigenvalue weighted by Gasteiger charge is 1.81. The second-order valence-electron chi connectivity index (χ2n) is 1.29. The molecule has 2 nitrogen and oxygen atoms in total. The minimum Gasteiger partial charge on any atom is -0.295 e. The third-order valence-electron chi connectivity index (χ3n) is 0.464. The Hall–Kier alpha value is -0.630. The molecule has 0 rings (SSSR count). The highest BCUT2D eigenvalue weighted by molar-refractivity contribution is 6.67. The first kappa shape index (κ1) is 7.37. The molecule has 0 unspecified atom stereocenters. The van der Waals surface area contributed by atoms with E-state index in [2.05, 4.69) is 0 Å². The number of rotatable bonds is 2. The number of ketones is 1. The average molecular weight is 132 g/mol. The van der Waals surface area contributed by atoms with E-state index in [-0.39, 0.29) is 11.0 Å². The van der Waals surface area contributed by atoms with Crippen molar-refractivity contribution in [2.24, 2.45) is 0 Å². The van der Waals surface area contributed by atoms with Crippen LogP contribution in [0.2, 0.25) is 0 Å². The molecule has 3 heteroatoms. The third-order valence-corrected chi connectivity index (χ3v) is 0.590. The van der Waals surface area contributed by atoms with Gasteiger partial charge < -0.3 is 0 Å². The Labute approximate surface area is 52.7 Å². The number of hydrogen-bond acceptors (Lipinski definition) is 2. The van der Waals surface area contributed by atoms with Crippen LogP contribution in [0.5, 0.6) is 0 Å². The van der Waals surface area contributed by atoms with E-state index in [4.69, 9.17) is 17.0 Å². The second kappa shape index (κ2) is 3.38. The van der Waals surface area contributed by atoms with E-state index in [1.807, 2.05) is 0 Å². The van der Waals surface area contributed by atoms with Gasteiger partial charge in [0.15, 0.2) is 5.78 Å². The Morgan fingerprint density at radius 3 is 2.25 bits per heavy atom. The molecule has 0 bridgehead atoms. The molecular weight excluding hydrogens is 126 g/mol. The van der Waals surface area contributed by atoms with Crippen molar-refractivity contribution in [2.75, 3.05) is 0 Å². The number of hydrogen-bond donors (Lipinski definition) is 1. The fourth-order valence-electron chi connectivity index (χ4n) is 0.191. The highest BCUT2D eigenvalue weighted by Crippen LogP contribution is 1.82. The second-order valence-corrected chi connectivity index (χ2v) is 1.70. The van der Waals surface area contributed by atoms with E-state index in [0.717, 1.165) is 0 Å². The van der Waals surface area contributed by atoms with Gasteiger partial charge in [0.25, 0.3) is 0 Å². The molecule has 0 aromatic rings. The van der Waals surface area contributed by atoms with Crippen molar-refractivity contribution >= 4 is 22.6 Å². The Kier molecular flexibility index (Phi) is 3.12.